The van der Waals surface area contributed by atoms with Gasteiger partial charge in [0.15, 0.2) is 12.4 Å². The van der Waals surface area contributed by atoms with E-state index in [9.17, 15) is 8.78 Å². The van der Waals surface area contributed by atoms with Crippen LogP contribution in [0.5, 0.6) is 5.88 Å². The highest BCUT2D eigenvalue weighted by atomic mass is 19.3. The number of piperazine rings is 1. The van der Waals surface area contributed by atoms with E-state index in [1.54, 1.807) is 12.4 Å². The number of nitrogens with zero attached hydrogens (tertiary/aromatic N) is 7. The van der Waals surface area contributed by atoms with Crippen molar-refractivity contribution in [1.29, 1.82) is 0 Å². The maximum absolute atomic E-state index is 12.6. The molecule has 0 amide bonds. The Bertz CT molecular complexity index is 1170. The lowest BCUT2D eigenvalue weighted by Crippen LogP contribution is -2.47. The fourth-order valence-corrected chi connectivity index (χ4v) is 3.74. The fraction of sp³-hybridized carbons (Fsp3) is 0.300. The Morgan fingerprint density at radius 3 is 2.63 bits per heavy atom. The summed E-state index contributed by atoms with van der Waals surface area (Å²) in [7, 11) is 0. The second-order valence-electron chi connectivity index (χ2n) is 6.97. The van der Waals surface area contributed by atoms with Gasteiger partial charge in [-0.1, -0.05) is 0 Å². The van der Waals surface area contributed by atoms with Crippen molar-refractivity contribution in [3.05, 3.63) is 49.2 Å². The summed E-state index contributed by atoms with van der Waals surface area (Å²) in [6.07, 6.45) is 4.12. The van der Waals surface area contributed by atoms with Gasteiger partial charge in [0.2, 0.25) is 5.88 Å². The van der Waals surface area contributed by atoms with Gasteiger partial charge in [-0.2, -0.15) is 5.10 Å². The highest BCUT2D eigenvalue weighted by Crippen LogP contribution is 2.28. The average Bonchev–Trinajstić information content (AvgIpc) is 3.26. The highest BCUT2D eigenvalue weighted by Gasteiger charge is 2.21. The Balaban J connectivity index is 1.35. The van der Waals surface area contributed by atoms with Gasteiger partial charge < -0.3 is 14.5 Å². The Morgan fingerprint density at radius 1 is 0.967 bits per heavy atom. The van der Waals surface area contributed by atoms with Crippen LogP contribution in [0.25, 0.3) is 16.4 Å². The van der Waals surface area contributed by atoms with Gasteiger partial charge in [-0.15, -0.1) is 0 Å². The van der Waals surface area contributed by atoms with Crippen LogP contribution in [0.15, 0.2) is 49.2 Å². The van der Waals surface area contributed by atoms with E-state index in [4.69, 9.17) is 4.74 Å². The number of ether oxygens (including phenoxy) is 1. The molecule has 4 heterocycles. The summed E-state index contributed by atoms with van der Waals surface area (Å²) >= 11 is 0. The lowest BCUT2D eigenvalue weighted by Gasteiger charge is -2.37. The predicted molar refractivity (Wildman–Crippen MR) is 108 cm³/mol. The number of benzene rings is 1. The van der Waals surface area contributed by atoms with Crippen LogP contribution in [0.2, 0.25) is 0 Å². The molecule has 1 aromatic carbocycles. The maximum Gasteiger partial charge on any atom is 0.272 e. The zero-order valence-electron chi connectivity index (χ0n) is 16.0. The molecule has 0 unspecified atom stereocenters. The Kier molecular flexibility index (Phi) is 4.74. The molecule has 10 heteroatoms. The van der Waals surface area contributed by atoms with E-state index in [1.807, 2.05) is 35.0 Å². The largest absolute Gasteiger partial charge is 0.471 e. The molecule has 1 fully saturated rings. The molecule has 30 heavy (non-hydrogen) atoms. The summed E-state index contributed by atoms with van der Waals surface area (Å²) in [5.74, 6) is 1.10. The van der Waals surface area contributed by atoms with Crippen LogP contribution in [0.1, 0.15) is 0 Å². The number of rotatable bonds is 5. The van der Waals surface area contributed by atoms with E-state index in [0.717, 1.165) is 43.2 Å². The molecule has 0 radical (unpaired) electrons. The molecule has 1 aliphatic heterocycles. The number of alkyl halides is 2. The Hall–Kier alpha value is -3.56. The topological polar surface area (TPSA) is 71.7 Å². The first-order valence-corrected chi connectivity index (χ1v) is 9.63. The van der Waals surface area contributed by atoms with E-state index in [2.05, 4.69) is 29.9 Å². The molecule has 5 rings (SSSR count). The second-order valence-corrected chi connectivity index (χ2v) is 6.97. The summed E-state index contributed by atoms with van der Waals surface area (Å²) in [4.78, 5) is 17.3. The minimum atomic E-state index is -2.56. The van der Waals surface area contributed by atoms with Crippen molar-refractivity contribution in [2.24, 2.45) is 0 Å². The molecule has 0 atom stereocenters. The van der Waals surface area contributed by atoms with Gasteiger partial charge in [0.1, 0.15) is 11.8 Å². The highest BCUT2D eigenvalue weighted by molar-refractivity contribution is 5.86. The average molecular weight is 411 g/mol. The van der Waals surface area contributed by atoms with Crippen LogP contribution in [0, 0.1) is 0 Å². The minimum Gasteiger partial charge on any atom is -0.471 e. The maximum atomic E-state index is 12.6. The molecule has 0 aliphatic carbocycles. The van der Waals surface area contributed by atoms with Gasteiger partial charge in [-0.3, -0.25) is 0 Å². The third-order valence-electron chi connectivity index (χ3n) is 5.18. The first-order valence-electron chi connectivity index (χ1n) is 9.63. The minimum absolute atomic E-state index is 0.178. The number of hydrogen-bond donors (Lipinski definition) is 0. The molecule has 1 aliphatic rings. The van der Waals surface area contributed by atoms with Gasteiger partial charge in [0.05, 0.1) is 17.1 Å². The molecular formula is C20H19F2N7O. The number of fused-ring (bicyclic) bond motifs is 2. The van der Waals surface area contributed by atoms with E-state index in [-0.39, 0.29) is 5.88 Å². The molecule has 0 saturated carbocycles. The number of hydrogen-bond acceptors (Lipinski definition) is 7. The lowest BCUT2D eigenvalue weighted by atomic mass is 10.2. The van der Waals surface area contributed by atoms with Gasteiger partial charge in [-0.25, -0.2) is 28.2 Å². The summed E-state index contributed by atoms with van der Waals surface area (Å²) < 4.78 is 32.1. The van der Waals surface area contributed by atoms with E-state index < -0.39 is 13.0 Å². The molecule has 8 nitrogen and oxygen atoms in total. The van der Waals surface area contributed by atoms with Gasteiger partial charge >= 0.3 is 0 Å². The standard InChI is InChI=1S/C20H19F2N7O/c21-18(22)12-30-20-15-11-14(1-2-16(15)24-13-25-20)27-7-9-28(10-8-27)19-17-3-4-26-29(17)6-5-23-19/h1-6,11,13,18H,7-10,12H2. The van der Waals surface area contributed by atoms with Crippen LogP contribution in [-0.4, -0.2) is 63.8 Å². The first kappa shape index (κ1) is 18.5. The number of anilines is 2. The Morgan fingerprint density at radius 2 is 1.80 bits per heavy atom. The summed E-state index contributed by atoms with van der Waals surface area (Å²) in [6, 6.07) is 7.71. The second kappa shape index (κ2) is 7.69. The fourth-order valence-electron chi connectivity index (χ4n) is 3.74. The summed E-state index contributed by atoms with van der Waals surface area (Å²) in [6.45, 7) is 2.50. The molecule has 0 N–H and O–H groups in total. The quantitative estimate of drug-likeness (QED) is 0.500. The van der Waals surface area contributed by atoms with E-state index in [0.29, 0.717) is 10.9 Å². The van der Waals surface area contributed by atoms with E-state index in [1.165, 1.54) is 6.33 Å². The lowest BCUT2D eigenvalue weighted by molar-refractivity contribution is 0.0804. The zero-order chi connectivity index (χ0) is 20.5. The van der Waals surface area contributed by atoms with Crippen LogP contribution in [0.3, 0.4) is 0 Å². The van der Waals surface area contributed by atoms with E-state index >= 15 is 0 Å². The van der Waals surface area contributed by atoms with Gasteiger partial charge in [0.25, 0.3) is 6.43 Å². The summed E-state index contributed by atoms with van der Waals surface area (Å²) in [5.41, 5.74) is 2.62. The van der Waals surface area contributed by atoms with Gasteiger partial charge in [-0.05, 0) is 24.3 Å². The summed E-state index contributed by atoms with van der Waals surface area (Å²) in [5, 5.41) is 4.90. The predicted octanol–water partition coefficient (Wildman–Crippen LogP) is 2.64. The van der Waals surface area contributed by atoms with Crippen LogP contribution >= 0.6 is 0 Å². The van der Waals surface area contributed by atoms with Crippen LogP contribution in [-0.2, 0) is 0 Å². The van der Waals surface area contributed by atoms with Crippen molar-refractivity contribution in [2.75, 3.05) is 42.6 Å². The molecular weight excluding hydrogens is 392 g/mol. The van der Waals surface area contributed by atoms with Crippen LogP contribution in [0.4, 0.5) is 20.3 Å². The SMILES string of the molecule is FC(F)COc1ncnc2ccc(N3CCN(c4nccn5nccc45)CC3)cc12. The molecule has 154 valence electrons. The molecule has 0 bridgehead atoms. The van der Waals surface area contributed by atoms with Crippen LogP contribution < -0.4 is 14.5 Å². The number of aromatic nitrogens is 5. The number of halogens is 2. The first-order chi connectivity index (χ1) is 14.7. The monoisotopic (exact) mass is 411 g/mol. The third kappa shape index (κ3) is 3.44. The van der Waals surface area contributed by atoms with Crippen molar-refractivity contribution in [1.82, 2.24) is 24.6 Å². The van der Waals surface area contributed by atoms with Gasteiger partial charge in [0, 0.05) is 44.3 Å². The van der Waals surface area contributed by atoms with Crippen molar-refractivity contribution in [2.45, 2.75) is 6.43 Å². The van der Waals surface area contributed by atoms with Crippen molar-refractivity contribution >= 4 is 27.9 Å². The smallest absolute Gasteiger partial charge is 0.272 e. The third-order valence-corrected chi connectivity index (χ3v) is 5.18. The molecule has 0 spiro atoms. The molecule has 1 saturated heterocycles. The molecule has 3 aromatic heterocycles. The van der Waals surface area contributed by atoms with Crippen molar-refractivity contribution < 1.29 is 13.5 Å². The Labute approximate surface area is 170 Å². The van der Waals surface area contributed by atoms with Crippen molar-refractivity contribution in [3.63, 3.8) is 0 Å². The van der Waals surface area contributed by atoms with Crippen molar-refractivity contribution in [3.8, 4) is 5.88 Å². The molecule has 4 aromatic rings. The zero-order valence-corrected chi connectivity index (χ0v) is 16.0. The normalized spacial score (nSPS) is 14.8.